The smallest absolute Gasteiger partial charge is 0.261 e. The number of hydrogen-bond acceptors (Lipinski definition) is 6. The molecule has 36 heavy (non-hydrogen) atoms. The maximum absolute atomic E-state index is 13.7. The summed E-state index contributed by atoms with van der Waals surface area (Å²) in [7, 11) is -3.71. The van der Waals surface area contributed by atoms with Crippen molar-refractivity contribution in [3.63, 3.8) is 0 Å². The van der Waals surface area contributed by atoms with E-state index in [1.807, 2.05) is 6.92 Å². The summed E-state index contributed by atoms with van der Waals surface area (Å²) in [4.78, 5) is 20.4. The number of nitrogens with one attached hydrogen (secondary N) is 1. The Hall–Kier alpha value is -3.27. The molecule has 3 aromatic carbocycles. The van der Waals surface area contributed by atoms with Crippen LogP contribution in [0.25, 0.3) is 10.2 Å². The maximum Gasteiger partial charge on any atom is 0.261 e. The summed E-state index contributed by atoms with van der Waals surface area (Å²) in [6, 6.07) is 18.8. The van der Waals surface area contributed by atoms with Crippen LogP contribution >= 0.6 is 11.3 Å². The summed E-state index contributed by atoms with van der Waals surface area (Å²) < 4.78 is 34.7. The zero-order valence-corrected chi connectivity index (χ0v) is 21.7. The number of hydrogen-bond donors (Lipinski definition) is 1. The molecule has 0 bridgehead atoms. The molecule has 0 radical (unpaired) electrons. The third-order valence-electron chi connectivity index (χ3n) is 6.14. The summed E-state index contributed by atoms with van der Waals surface area (Å²) in [6.07, 6.45) is 1.83. The highest BCUT2D eigenvalue weighted by Gasteiger charge is 2.27. The number of aromatic nitrogens is 1. The minimum Gasteiger partial charge on any atom is -0.376 e. The molecule has 1 unspecified atom stereocenters. The van der Waals surface area contributed by atoms with E-state index < -0.39 is 10.0 Å². The van der Waals surface area contributed by atoms with Gasteiger partial charge in [-0.2, -0.15) is 0 Å². The number of carbonyl (C=O) groups is 1. The number of nitrogens with zero attached hydrogens (tertiary/aromatic N) is 2. The van der Waals surface area contributed by atoms with E-state index in [0.29, 0.717) is 29.5 Å². The van der Waals surface area contributed by atoms with Gasteiger partial charge >= 0.3 is 0 Å². The molecule has 0 saturated carbocycles. The number of rotatable bonds is 7. The molecule has 0 aliphatic carbocycles. The molecular weight excluding hydrogens is 494 g/mol. The quantitative estimate of drug-likeness (QED) is 0.345. The number of carbonyl (C=O) groups excluding carboxylic acids is 1. The van der Waals surface area contributed by atoms with Gasteiger partial charge in [-0.1, -0.05) is 35.6 Å². The van der Waals surface area contributed by atoms with Crippen LogP contribution in [0.5, 0.6) is 0 Å². The van der Waals surface area contributed by atoms with E-state index in [2.05, 4.69) is 23.8 Å². The van der Waals surface area contributed by atoms with Crippen LogP contribution in [0.15, 0.2) is 71.6 Å². The Morgan fingerprint density at radius 3 is 2.56 bits per heavy atom. The van der Waals surface area contributed by atoms with E-state index in [1.54, 1.807) is 47.4 Å². The number of ether oxygens (including phenoxy) is 1. The fourth-order valence-corrected chi connectivity index (χ4v) is 6.59. The van der Waals surface area contributed by atoms with Gasteiger partial charge in [-0.05, 0) is 80.3 Å². The number of fused-ring (bicyclic) bond motifs is 1. The summed E-state index contributed by atoms with van der Waals surface area (Å²) in [5.74, 6) is -0.198. The van der Waals surface area contributed by atoms with Crippen molar-refractivity contribution in [2.45, 2.75) is 37.7 Å². The molecule has 1 fully saturated rings. The van der Waals surface area contributed by atoms with E-state index in [4.69, 9.17) is 9.72 Å². The number of sulfonamides is 1. The Morgan fingerprint density at radius 1 is 1.11 bits per heavy atom. The molecule has 1 N–H and O–H groups in total. The predicted octanol–water partition coefficient (Wildman–Crippen LogP) is 5.54. The normalized spacial score (nSPS) is 15.8. The lowest BCUT2D eigenvalue weighted by molar-refractivity contribution is 0.0917. The summed E-state index contributed by atoms with van der Waals surface area (Å²) in [5, 5.41) is 0.632. The molecule has 1 aliphatic rings. The number of aryl methyl sites for hydroxylation is 2. The minimum atomic E-state index is -3.71. The van der Waals surface area contributed by atoms with E-state index in [9.17, 15) is 13.2 Å². The van der Waals surface area contributed by atoms with Crippen molar-refractivity contribution in [3.05, 3.63) is 83.4 Å². The van der Waals surface area contributed by atoms with Crippen molar-refractivity contribution >= 4 is 48.3 Å². The van der Waals surface area contributed by atoms with Gasteiger partial charge in [0, 0.05) is 17.9 Å². The number of thiazole rings is 1. The van der Waals surface area contributed by atoms with Gasteiger partial charge < -0.3 is 4.74 Å². The molecule has 186 valence electrons. The van der Waals surface area contributed by atoms with Gasteiger partial charge in [0.05, 0.1) is 27.8 Å². The first-order valence-electron chi connectivity index (χ1n) is 11.8. The first-order chi connectivity index (χ1) is 17.3. The summed E-state index contributed by atoms with van der Waals surface area (Å²) >= 11 is 1.50. The zero-order valence-electron chi connectivity index (χ0n) is 20.1. The van der Waals surface area contributed by atoms with Gasteiger partial charge in [-0.15, -0.1) is 0 Å². The Kier molecular flexibility index (Phi) is 6.79. The SMILES string of the molecule is Cc1cc(C)c2nc(N(CC3CCCO3)C(=O)c3ccc(NS(=O)(=O)c4ccccc4)cc3)sc2c1. The molecule has 1 amide bonds. The van der Waals surface area contributed by atoms with Crippen LogP contribution in [0.2, 0.25) is 0 Å². The van der Waals surface area contributed by atoms with Crippen molar-refractivity contribution in [3.8, 4) is 0 Å². The molecule has 1 atom stereocenters. The first kappa shape index (κ1) is 24.4. The van der Waals surface area contributed by atoms with E-state index in [-0.39, 0.29) is 16.9 Å². The third-order valence-corrected chi connectivity index (χ3v) is 8.56. The van der Waals surface area contributed by atoms with Gasteiger partial charge in [0.15, 0.2) is 5.13 Å². The van der Waals surface area contributed by atoms with Crippen molar-refractivity contribution in [1.29, 1.82) is 0 Å². The van der Waals surface area contributed by atoms with Gasteiger partial charge in [0.2, 0.25) is 0 Å². The Morgan fingerprint density at radius 2 is 1.86 bits per heavy atom. The van der Waals surface area contributed by atoms with E-state index in [0.717, 1.165) is 34.2 Å². The van der Waals surface area contributed by atoms with E-state index >= 15 is 0 Å². The average molecular weight is 522 g/mol. The van der Waals surface area contributed by atoms with Crippen LogP contribution in [-0.4, -0.2) is 38.6 Å². The second-order valence-electron chi connectivity index (χ2n) is 8.97. The molecule has 1 aliphatic heterocycles. The maximum atomic E-state index is 13.7. The molecule has 7 nitrogen and oxygen atoms in total. The van der Waals surface area contributed by atoms with Gasteiger partial charge in [0.25, 0.3) is 15.9 Å². The largest absolute Gasteiger partial charge is 0.376 e. The van der Waals surface area contributed by atoms with Crippen LogP contribution in [0.4, 0.5) is 10.8 Å². The lowest BCUT2D eigenvalue weighted by Gasteiger charge is -2.23. The Bertz CT molecular complexity index is 1490. The van der Waals surface area contributed by atoms with Crippen LogP contribution in [0.1, 0.15) is 34.3 Å². The minimum absolute atomic E-state index is 0.0410. The van der Waals surface area contributed by atoms with Gasteiger partial charge in [-0.3, -0.25) is 14.4 Å². The second kappa shape index (κ2) is 10.0. The fourth-order valence-electron chi connectivity index (χ4n) is 4.36. The molecule has 0 spiro atoms. The van der Waals surface area contributed by atoms with Crippen molar-refractivity contribution in [2.24, 2.45) is 0 Å². The van der Waals surface area contributed by atoms with Gasteiger partial charge in [-0.25, -0.2) is 13.4 Å². The topological polar surface area (TPSA) is 88.6 Å². The third kappa shape index (κ3) is 5.13. The molecule has 5 rings (SSSR count). The summed E-state index contributed by atoms with van der Waals surface area (Å²) in [5.41, 5.74) is 3.96. The zero-order chi connectivity index (χ0) is 25.3. The highest BCUT2D eigenvalue weighted by molar-refractivity contribution is 7.92. The summed E-state index contributed by atoms with van der Waals surface area (Å²) in [6.45, 7) is 5.19. The molecule has 1 aromatic heterocycles. The lowest BCUT2D eigenvalue weighted by atomic mass is 10.1. The van der Waals surface area contributed by atoms with Crippen molar-refractivity contribution in [1.82, 2.24) is 4.98 Å². The van der Waals surface area contributed by atoms with Gasteiger partial charge in [0.1, 0.15) is 0 Å². The van der Waals surface area contributed by atoms with Crippen LogP contribution < -0.4 is 9.62 Å². The molecule has 9 heteroatoms. The molecular formula is C27H27N3O4S2. The monoisotopic (exact) mass is 521 g/mol. The lowest BCUT2D eigenvalue weighted by Crippen LogP contribution is -2.37. The highest BCUT2D eigenvalue weighted by Crippen LogP contribution is 2.33. The van der Waals surface area contributed by atoms with Crippen LogP contribution in [-0.2, 0) is 14.8 Å². The average Bonchev–Trinajstić information content (AvgIpc) is 3.53. The second-order valence-corrected chi connectivity index (χ2v) is 11.7. The van der Waals surface area contributed by atoms with Crippen LogP contribution in [0, 0.1) is 13.8 Å². The van der Waals surface area contributed by atoms with E-state index in [1.165, 1.54) is 23.5 Å². The van der Waals surface area contributed by atoms with Crippen molar-refractivity contribution in [2.75, 3.05) is 22.8 Å². The molecule has 4 aromatic rings. The first-order valence-corrected chi connectivity index (χ1v) is 14.1. The number of benzene rings is 3. The molecule has 1 saturated heterocycles. The number of anilines is 2. The molecule has 2 heterocycles. The predicted molar refractivity (Wildman–Crippen MR) is 143 cm³/mol. The highest BCUT2D eigenvalue weighted by atomic mass is 32.2. The Balaban J connectivity index is 1.42. The standard InChI is InChI=1S/C27H27N3O4S2/c1-18-15-19(2)25-24(16-18)35-27(28-25)30(17-22-7-6-14-34-22)26(31)20-10-12-21(13-11-20)29-36(32,33)23-8-4-3-5-9-23/h3-5,8-13,15-16,22,29H,6-7,14,17H2,1-2H3. The fraction of sp³-hybridized carbons (Fsp3) is 0.259. The van der Waals surface area contributed by atoms with Crippen LogP contribution in [0.3, 0.4) is 0 Å². The Labute approximate surface area is 214 Å². The van der Waals surface area contributed by atoms with Crippen molar-refractivity contribution < 1.29 is 17.9 Å². The number of amides is 1.